The molecule has 0 aliphatic rings. The monoisotopic (exact) mass is 477 g/mol. The molecule has 0 N–H and O–H groups in total. The van der Waals surface area contributed by atoms with Crippen molar-refractivity contribution in [2.75, 3.05) is 0 Å². The molecular weight excluding hydrogens is 458 g/mol. The van der Waals surface area contributed by atoms with E-state index in [1.165, 1.54) is 12.7 Å². The van der Waals surface area contributed by atoms with E-state index in [0.717, 1.165) is 38.6 Å². The Kier molecular flexibility index (Phi) is 7.00. The molecule has 0 bridgehead atoms. The number of hydrogen-bond donors (Lipinski definition) is 0. The molecular formula is C27H19N5O4. The molecule has 1 aromatic carbocycles. The van der Waals surface area contributed by atoms with Crippen LogP contribution in [-0.2, 0) is 0 Å². The summed E-state index contributed by atoms with van der Waals surface area (Å²) in [6, 6.07) is 18.8. The number of nitrogens with zero attached hydrogens (tertiary/aromatic N) is 5. The molecule has 0 spiro atoms. The van der Waals surface area contributed by atoms with E-state index >= 15 is 0 Å². The van der Waals surface area contributed by atoms with Crippen LogP contribution >= 0.6 is 0 Å². The maximum atomic E-state index is 5.08. The topological polar surface area (TPSA) is 117 Å². The molecule has 0 aliphatic heterocycles. The molecule has 9 nitrogen and oxygen atoms in total. The molecule has 0 saturated heterocycles. The van der Waals surface area contributed by atoms with Gasteiger partial charge in [0.15, 0.2) is 17.6 Å². The maximum Gasteiger partial charge on any atom is 0.228 e. The van der Waals surface area contributed by atoms with Crippen LogP contribution in [0.15, 0.2) is 135 Å². The smallest absolute Gasteiger partial charge is 0.228 e. The minimum Gasteiger partial charge on any atom is -0.464 e. The third-order valence-electron chi connectivity index (χ3n) is 4.84. The lowest BCUT2D eigenvalue weighted by Crippen LogP contribution is -1.72. The zero-order chi connectivity index (χ0) is 24.4. The third-order valence-corrected chi connectivity index (χ3v) is 4.84. The van der Waals surface area contributed by atoms with Gasteiger partial charge in [0.2, 0.25) is 5.71 Å². The van der Waals surface area contributed by atoms with Crippen molar-refractivity contribution in [2.45, 2.75) is 0 Å². The standard InChI is InChI=1S/3C7H5NO.C6H4N2O/c1-3-8-5-6-2-4-9-7(1)6;1-2-7-6(8-4-1)3-5-9-7;1-2-4-7-6(3-1)8-5-9-7;1-2-9-6-5(1)3-7-4-8-6/h3*1-5H;1-4H. The fraction of sp³-hybridized carbons (Fsp3) is 0. The van der Waals surface area contributed by atoms with Gasteiger partial charge in [-0.2, -0.15) is 0 Å². The van der Waals surface area contributed by atoms with Crippen LogP contribution in [0.1, 0.15) is 0 Å². The molecule has 7 aromatic heterocycles. The normalized spacial score (nSPS) is 10.2. The highest BCUT2D eigenvalue weighted by molar-refractivity contribution is 5.75. The van der Waals surface area contributed by atoms with Crippen molar-refractivity contribution < 1.29 is 17.7 Å². The van der Waals surface area contributed by atoms with Gasteiger partial charge in [-0.15, -0.1) is 0 Å². The third kappa shape index (κ3) is 5.60. The number of fused-ring (bicyclic) bond motifs is 4. The van der Waals surface area contributed by atoms with Gasteiger partial charge in [0.25, 0.3) is 0 Å². The number of para-hydroxylation sites is 2. The molecule has 0 atom stereocenters. The van der Waals surface area contributed by atoms with Crippen LogP contribution in [0.5, 0.6) is 0 Å². The number of rotatable bonds is 0. The lowest BCUT2D eigenvalue weighted by atomic mass is 10.3. The van der Waals surface area contributed by atoms with Crippen LogP contribution in [0.3, 0.4) is 0 Å². The lowest BCUT2D eigenvalue weighted by molar-refractivity contribution is 0.602. The molecule has 0 amide bonds. The van der Waals surface area contributed by atoms with Gasteiger partial charge >= 0.3 is 0 Å². The Hall–Kier alpha value is -5.31. The zero-order valence-corrected chi connectivity index (χ0v) is 18.8. The summed E-state index contributed by atoms with van der Waals surface area (Å²) >= 11 is 0. The van der Waals surface area contributed by atoms with Crippen molar-refractivity contribution in [2.24, 2.45) is 0 Å². The summed E-state index contributed by atoms with van der Waals surface area (Å²) in [5.41, 5.74) is 5.06. The first-order chi connectivity index (χ1) is 17.9. The Morgan fingerprint density at radius 3 is 2.14 bits per heavy atom. The Balaban J connectivity index is 0.0000000988. The van der Waals surface area contributed by atoms with Crippen molar-refractivity contribution >= 4 is 44.3 Å². The summed E-state index contributed by atoms with van der Waals surface area (Å²) < 4.78 is 20.1. The zero-order valence-electron chi connectivity index (χ0n) is 18.8. The second kappa shape index (κ2) is 11.2. The predicted octanol–water partition coefficient (Wildman–Crippen LogP) is 6.71. The molecule has 8 aromatic rings. The number of benzene rings is 1. The lowest BCUT2D eigenvalue weighted by Gasteiger charge is -1.80. The summed E-state index contributed by atoms with van der Waals surface area (Å²) in [6.45, 7) is 0. The molecule has 0 radical (unpaired) electrons. The van der Waals surface area contributed by atoms with E-state index < -0.39 is 0 Å². The van der Waals surface area contributed by atoms with Gasteiger partial charge < -0.3 is 17.7 Å². The van der Waals surface area contributed by atoms with E-state index in [9.17, 15) is 0 Å². The predicted molar refractivity (Wildman–Crippen MR) is 134 cm³/mol. The number of oxazole rings is 1. The van der Waals surface area contributed by atoms with E-state index in [2.05, 4.69) is 24.9 Å². The highest BCUT2D eigenvalue weighted by Gasteiger charge is 1.93. The second-order valence-corrected chi connectivity index (χ2v) is 7.17. The van der Waals surface area contributed by atoms with Crippen LogP contribution in [-0.4, -0.2) is 24.9 Å². The van der Waals surface area contributed by atoms with Gasteiger partial charge in [-0.3, -0.25) is 9.97 Å². The number of hydrogen-bond acceptors (Lipinski definition) is 9. The quantitative estimate of drug-likeness (QED) is 0.235. The second-order valence-electron chi connectivity index (χ2n) is 7.17. The summed E-state index contributed by atoms with van der Waals surface area (Å²) in [7, 11) is 0. The summed E-state index contributed by atoms with van der Waals surface area (Å²) in [6.07, 6.45) is 14.8. The van der Waals surface area contributed by atoms with Crippen molar-refractivity contribution in [3.05, 3.63) is 117 Å². The minimum absolute atomic E-state index is 0.644. The highest BCUT2D eigenvalue weighted by atomic mass is 16.3. The molecule has 36 heavy (non-hydrogen) atoms. The summed E-state index contributed by atoms with van der Waals surface area (Å²) in [5.74, 6) is 0. The van der Waals surface area contributed by atoms with Crippen molar-refractivity contribution in [1.29, 1.82) is 0 Å². The van der Waals surface area contributed by atoms with Crippen LogP contribution < -0.4 is 0 Å². The Morgan fingerprint density at radius 2 is 1.25 bits per heavy atom. The van der Waals surface area contributed by atoms with Crippen molar-refractivity contribution in [3.63, 3.8) is 0 Å². The minimum atomic E-state index is 0.644. The van der Waals surface area contributed by atoms with Crippen molar-refractivity contribution in [1.82, 2.24) is 24.9 Å². The van der Waals surface area contributed by atoms with Gasteiger partial charge in [0, 0.05) is 36.2 Å². The molecule has 0 aliphatic carbocycles. The van der Waals surface area contributed by atoms with Gasteiger partial charge in [-0.05, 0) is 42.5 Å². The molecule has 0 unspecified atom stereocenters. The summed E-state index contributed by atoms with van der Waals surface area (Å²) in [5, 5.41) is 2.00. The Morgan fingerprint density at radius 1 is 0.500 bits per heavy atom. The van der Waals surface area contributed by atoms with E-state index in [1.54, 1.807) is 43.6 Å². The maximum absolute atomic E-state index is 5.08. The van der Waals surface area contributed by atoms with Gasteiger partial charge in [-0.1, -0.05) is 12.1 Å². The van der Waals surface area contributed by atoms with E-state index in [0.29, 0.717) is 5.71 Å². The van der Waals surface area contributed by atoms with Crippen LogP contribution in [0.25, 0.3) is 44.3 Å². The first-order valence-electron chi connectivity index (χ1n) is 10.8. The van der Waals surface area contributed by atoms with E-state index in [1.807, 2.05) is 60.7 Å². The van der Waals surface area contributed by atoms with Crippen LogP contribution in [0, 0.1) is 0 Å². The molecule has 9 heteroatoms. The van der Waals surface area contributed by atoms with Crippen LogP contribution in [0.2, 0.25) is 0 Å². The van der Waals surface area contributed by atoms with Gasteiger partial charge in [0.05, 0.1) is 24.2 Å². The first-order valence-corrected chi connectivity index (χ1v) is 10.8. The van der Waals surface area contributed by atoms with Gasteiger partial charge in [-0.25, -0.2) is 15.0 Å². The van der Waals surface area contributed by atoms with Crippen LogP contribution in [0.4, 0.5) is 0 Å². The largest absolute Gasteiger partial charge is 0.464 e. The molecule has 7 heterocycles. The SMILES string of the molecule is c1cc2occc2cn1.c1ccc2ocnc2c1.c1cnc2ccoc2c1.c1ncc2ccoc2n1. The molecule has 0 fully saturated rings. The fourth-order valence-corrected chi connectivity index (χ4v) is 3.12. The average molecular weight is 477 g/mol. The van der Waals surface area contributed by atoms with E-state index in [4.69, 9.17) is 17.7 Å². The Bertz CT molecular complexity index is 1400. The Labute approximate surface area is 204 Å². The number of pyridine rings is 2. The van der Waals surface area contributed by atoms with Gasteiger partial charge in [0.1, 0.15) is 22.9 Å². The number of aromatic nitrogens is 5. The molecule has 8 rings (SSSR count). The average Bonchev–Trinajstić information content (AvgIpc) is 3.76. The van der Waals surface area contributed by atoms with E-state index in [-0.39, 0.29) is 0 Å². The summed E-state index contributed by atoms with van der Waals surface area (Å²) in [4.78, 5) is 19.6. The van der Waals surface area contributed by atoms with Crippen molar-refractivity contribution in [3.8, 4) is 0 Å². The molecule has 176 valence electrons. The molecule has 0 saturated carbocycles. The highest BCUT2D eigenvalue weighted by Crippen LogP contribution is 2.12. The first kappa shape index (κ1) is 22.5. The fourth-order valence-electron chi connectivity index (χ4n) is 3.12. The number of furan rings is 3.